The van der Waals surface area contributed by atoms with Crippen LogP contribution in [0, 0.1) is 5.92 Å². The second kappa shape index (κ2) is 4.97. The summed E-state index contributed by atoms with van der Waals surface area (Å²) in [6, 6.07) is 7.26. The molecule has 1 aliphatic rings. The van der Waals surface area contributed by atoms with Crippen molar-refractivity contribution in [3.05, 3.63) is 29.6 Å². The third kappa shape index (κ3) is 2.39. The van der Waals surface area contributed by atoms with Crippen LogP contribution in [0.5, 0.6) is 0 Å². The summed E-state index contributed by atoms with van der Waals surface area (Å²) in [5.41, 5.74) is 3.80. The maximum absolute atomic E-state index is 4.76. The van der Waals surface area contributed by atoms with E-state index in [0.29, 0.717) is 12.0 Å². The molecule has 0 radical (unpaired) electrons. The summed E-state index contributed by atoms with van der Waals surface area (Å²) < 4.78 is 2.26. The Morgan fingerprint density at radius 1 is 1.42 bits per heavy atom. The van der Waals surface area contributed by atoms with Gasteiger partial charge in [0.25, 0.3) is 0 Å². The maximum atomic E-state index is 4.76. The fourth-order valence-corrected chi connectivity index (χ4v) is 2.99. The maximum Gasteiger partial charge on any atom is 0.109 e. The minimum Gasteiger partial charge on any atom is -0.331 e. The molecule has 2 heterocycles. The van der Waals surface area contributed by atoms with Crippen LogP contribution in [0.1, 0.15) is 44.1 Å². The van der Waals surface area contributed by atoms with Crippen molar-refractivity contribution in [3.63, 3.8) is 0 Å². The molecule has 3 nitrogen and oxygen atoms in total. The molecule has 0 spiro atoms. The lowest BCUT2D eigenvalue weighted by molar-refractivity contribution is 0.605. The standard InChI is InChI=1S/C16H23N3/c1-11(2)9-16-18-14-7-6-12(10-15(14)19(16)3)13-5-4-8-17-13/h6-7,10-11,13,17H,4-5,8-9H2,1-3H3. The minimum atomic E-state index is 0.535. The highest BCUT2D eigenvalue weighted by Gasteiger charge is 2.17. The molecule has 1 unspecified atom stereocenters. The quantitative estimate of drug-likeness (QED) is 0.915. The van der Waals surface area contributed by atoms with Crippen LogP contribution < -0.4 is 5.32 Å². The SMILES string of the molecule is CC(C)Cc1nc2ccc(C3CCCN3)cc2n1C. The predicted molar refractivity (Wildman–Crippen MR) is 79.2 cm³/mol. The lowest BCUT2D eigenvalue weighted by atomic mass is 10.0. The highest BCUT2D eigenvalue weighted by molar-refractivity contribution is 5.77. The number of nitrogens with zero attached hydrogens (tertiary/aromatic N) is 2. The lowest BCUT2D eigenvalue weighted by Crippen LogP contribution is -2.12. The van der Waals surface area contributed by atoms with Gasteiger partial charge in [0, 0.05) is 19.5 Å². The van der Waals surface area contributed by atoms with Crippen LogP contribution in [0.2, 0.25) is 0 Å². The van der Waals surface area contributed by atoms with E-state index in [2.05, 4.69) is 49.0 Å². The second-order valence-electron chi connectivity index (χ2n) is 6.08. The third-order valence-electron chi connectivity index (χ3n) is 4.05. The van der Waals surface area contributed by atoms with Crippen LogP contribution in [-0.4, -0.2) is 16.1 Å². The summed E-state index contributed by atoms with van der Waals surface area (Å²) in [4.78, 5) is 4.76. The molecule has 2 aromatic rings. The van der Waals surface area contributed by atoms with E-state index < -0.39 is 0 Å². The first-order valence-corrected chi connectivity index (χ1v) is 7.34. The van der Waals surface area contributed by atoms with Gasteiger partial charge in [0.05, 0.1) is 11.0 Å². The van der Waals surface area contributed by atoms with Crippen molar-refractivity contribution >= 4 is 11.0 Å². The molecule has 1 N–H and O–H groups in total. The molecule has 0 amide bonds. The topological polar surface area (TPSA) is 29.9 Å². The van der Waals surface area contributed by atoms with Gasteiger partial charge in [-0.25, -0.2) is 4.98 Å². The Balaban J connectivity index is 1.99. The molecular formula is C16H23N3. The molecule has 1 aliphatic heterocycles. The van der Waals surface area contributed by atoms with E-state index in [0.717, 1.165) is 18.5 Å². The van der Waals surface area contributed by atoms with E-state index in [-0.39, 0.29) is 0 Å². The Hall–Kier alpha value is -1.35. The van der Waals surface area contributed by atoms with Crippen LogP contribution in [0.15, 0.2) is 18.2 Å². The number of hydrogen-bond acceptors (Lipinski definition) is 2. The first kappa shape index (κ1) is 12.7. The largest absolute Gasteiger partial charge is 0.331 e. The first-order chi connectivity index (χ1) is 9.15. The Bertz CT molecular complexity index is 577. The van der Waals surface area contributed by atoms with E-state index in [4.69, 9.17) is 4.98 Å². The average Bonchev–Trinajstić information content (AvgIpc) is 2.99. The van der Waals surface area contributed by atoms with E-state index >= 15 is 0 Å². The smallest absolute Gasteiger partial charge is 0.109 e. The van der Waals surface area contributed by atoms with Gasteiger partial charge in [0.15, 0.2) is 0 Å². The lowest BCUT2D eigenvalue weighted by Gasteiger charge is -2.11. The molecule has 19 heavy (non-hydrogen) atoms. The average molecular weight is 257 g/mol. The Morgan fingerprint density at radius 2 is 2.26 bits per heavy atom. The molecule has 1 fully saturated rings. The van der Waals surface area contributed by atoms with Crippen molar-refractivity contribution in [2.45, 2.75) is 39.2 Å². The fraction of sp³-hybridized carbons (Fsp3) is 0.562. The van der Waals surface area contributed by atoms with Crippen molar-refractivity contribution < 1.29 is 0 Å². The van der Waals surface area contributed by atoms with Gasteiger partial charge in [0.2, 0.25) is 0 Å². The number of imidazole rings is 1. The molecular weight excluding hydrogens is 234 g/mol. The Morgan fingerprint density at radius 3 is 2.95 bits per heavy atom. The molecule has 1 aromatic carbocycles. The molecule has 0 aliphatic carbocycles. The monoisotopic (exact) mass is 257 g/mol. The summed E-state index contributed by atoms with van der Waals surface area (Å²) in [6.45, 7) is 5.63. The van der Waals surface area contributed by atoms with Gasteiger partial charge in [-0.2, -0.15) is 0 Å². The zero-order chi connectivity index (χ0) is 13.4. The van der Waals surface area contributed by atoms with Crippen molar-refractivity contribution in [2.75, 3.05) is 6.54 Å². The number of nitrogens with one attached hydrogen (secondary N) is 1. The third-order valence-corrected chi connectivity index (χ3v) is 4.05. The van der Waals surface area contributed by atoms with Gasteiger partial charge in [-0.3, -0.25) is 0 Å². The molecule has 1 aromatic heterocycles. The van der Waals surface area contributed by atoms with Gasteiger partial charge < -0.3 is 9.88 Å². The molecule has 0 saturated carbocycles. The van der Waals surface area contributed by atoms with Crippen molar-refractivity contribution in [2.24, 2.45) is 13.0 Å². The van der Waals surface area contributed by atoms with Gasteiger partial charge in [-0.05, 0) is 43.0 Å². The number of aryl methyl sites for hydroxylation is 1. The number of fused-ring (bicyclic) bond motifs is 1. The predicted octanol–water partition coefficient (Wildman–Crippen LogP) is 3.20. The van der Waals surface area contributed by atoms with E-state index in [1.165, 1.54) is 29.7 Å². The van der Waals surface area contributed by atoms with Crippen LogP contribution in [0.25, 0.3) is 11.0 Å². The Kier molecular flexibility index (Phi) is 3.31. The summed E-state index contributed by atoms with van der Waals surface area (Å²) in [5.74, 6) is 1.84. The molecule has 1 atom stereocenters. The fourth-order valence-electron chi connectivity index (χ4n) is 2.99. The summed E-state index contributed by atoms with van der Waals surface area (Å²) in [7, 11) is 2.14. The molecule has 1 saturated heterocycles. The van der Waals surface area contributed by atoms with E-state index in [1.54, 1.807) is 0 Å². The van der Waals surface area contributed by atoms with Gasteiger partial charge in [-0.15, -0.1) is 0 Å². The van der Waals surface area contributed by atoms with Crippen LogP contribution >= 0.6 is 0 Å². The zero-order valence-electron chi connectivity index (χ0n) is 12.1. The molecule has 3 heteroatoms. The number of hydrogen-bond donors (Lipinski definition) is 1. The molecule has 102 valence electrons. The van der Waals surface area contributed by atoms with Crippen molar-refractivity contribution in [1.82, 2.24) is 14.9 Å². The van der Waals surface area contributed by atoms with Gasteiger partial charge >= 0.3 is 0 Å². The van der Waals surface area contributed by atoms with E-state index in [9.17, 15) is 0 Å². The molecule has 3 rings (SSSR count). The number of benzene rings is 1. The van der Waals surface area contributed by atoms with Crippen molar-refractivity contribution in [3.8, 4) is 0 Å². The summed E-state index contributed by atoms with van der Waals surface area (Å²) >= 11 is 0. The summed E-state index contributed by atoms with van der Waals surface area (Å²) in [6.07, 6.45) is 3.58. The second-order valence-corrected chi connectivity index (χ2v) is 6.08. The highest BCUT2D eigenvalue weighted by atomic mass is 15.1. The minimum absolute atomic E-state index is 0.535. The normalized spacial score (nSPS) is 19.7. The van der Waals surface area contributed by atoms with E-state index in [1.807, 2.05) is 0 Å². The first-order valence-electron chi connectivity index (χ1n) is 7.34. The van der Waals surface area contributed by atoms with Crippen molar-refractivity contribution in [1.29, 1.82) is 0 Å². The van der Waals surface area contributed by atoms with Crippen LogP contribution in [0.3, 0.4) is 0 Å². The summed E-state index contributed by atoms with van der Waals surface area (Å²) in [5, 5.41) is 3.57. The van der Waals surface area contributed by atoms with Crippen LogP contribution in [0.4, 0.5) is 0 Å². The zero-order valence-corrected chi connectivity index (χ0v) is 12.1. The van der Waals surface area contributed by atoms with Gasteiger partial charge in [0.1, 0.15) is 5.82 Å². The number of rotatable bonds is 3. The van der Waals surface area contributed by atoms with Crippen LogP contribution in [-0.2, 0) is 13.5 Å². The Labute approximate surface area is 115 Å². The highest BCUT2D eigenvalue weighted by Crippen LogP contribution is 2.26. The molecule has 0 bridgehead atoms. The van der Waals surface area contributed by atoms with Gasteiger partial charge in [-0.1, -0.05) is 19.9 Å². The number of aromatic nitrogens is 2.